The van der Waals surface area contributed by atoms with Crippen molar-refractivity contribution in [3.63, 3.8) is 0 Å². The van der Waals surface area contributed by atoms with Gasteiger partial charge in [0.05, 0.1) is 12.3 Å². The van der Waals surface area contributed by atoms with E-state index in [4.69, 9.17) is 4.74 Å². The lowest BCUT2D eigenvalue weighted by molar-refractivity contribution is 0.220. The molecule has 8 nitrogen and oxygen atoms in total. The molecule has 3 aromatic rings. The topological polar surface area (TPSA) is 85.2 Å². The first-order valence-corrected chi connectivity index (χ1v) is 8.64. The zero-order valence-corrected chi connectivity index (χ0v) is 15.6. The number of benzene rings is 2. The van der Waals surface area contributed by atoms with Crippen molar-refractivity contribution in [2.45, 2.75) is 20.4 Å². The van der Waals surface area contributed by atoms with Gasteiger partial charge in [-0.15, -0.1) is 5.10 Å². The number of carbonyl (C=O) groups excluding carboxylic acids is 1. The van der Waals surface area contributed by atoms with E-state index in [1.54, 1.807) is 16.6 Å². The van der Waals surface area contributed by atoms with Gasteiger partial charge in [-0.05, 0) is 59.7 Å². The van der Waals surface area contributed by atoms with Gasteiger partial charge in [-0.1, -0.05) is 18.2 Å². The van der Waals surface area contributed by atoms with Gasteiger partial charge in [0.1, 0.15) is 12.1 Å². The van der Waals surface area contributed by atoms with Gasteiger partial charge in [0.25, 0.3) is 0 Å². The quantitative estimate of drug-likeness (QED) is 0.725. The lowest BCUT2D eigenvalue weighted by atomic mass is 10.2. The minimum atomic E-state index is -0.199. The largest absolute Gasteiger partial charge is 0.494 e. The molecule has 0 bridgehead atoms. The van der Waals surface area contributed by atoms with Crippen LogP contribution in [0.5, 0.6) is 5.75 Å². The second-order valence-electron chi connectivity index (χ2n) is 6.12. The molecule has 0 saturated carbocycles. The zero-order chi connectivity index (χ0) is 19.2. The fourth-order valence-electron chi connectivity index (χ4n) is 2.63. The first kappa shape index (κ1) is 18.4. The number of hydrogen-bond acceptors (Lipinski definition) is 5. The summed E-state index contributed by atoms with van der Waals surface area (Å²) in [7, 11) is 1.75. The molecule has 0 unspecified atom stereocenters. The number of carbonyl (C=O) groups is 1. The number of anilines is 1. The van der Waals surface area contributed by atoms with Gasteiger partial charge in [0.15, 0.2) is 0 Å². The maximum absolute atomic E-state index is 12.5. The van der Waals surface area contributed by atoms with Crippen LogP contribution in [0, 0.1) is 6.92 Å². The third kappa shape index (κ3) is 4.60. The van der Waals surface area contributed by atoms with E-state index in [2.05, 4.69) is 20.8 Å². The smallest absolute Gasteiger partial charge is 0.321 e. The number of nitrogens with zero attached hydrogens (tertiary/aromatic N) is 5. The molecule has 0 aliphatic carbocycles. The molecule has 0 radical (unpaired) electrons. The van der Waals surface area contributed by atoms with Gasteiger partial charge in [-0.3, -0.25) is 0 Å². The van der Waals surface area contributed by atoms with Crippen molar-refractivity contribution in [2.75, 3.05) is 19.0 Å². The molecule has 0 spiro atoms. The number of ether oxygens (including phenoxy) is 1. The highest BCUT2D eigenvalue weighted by Crippen LogP contribution is 2.19. The Labute approximate surface area is 157 Å². The molecule has 0 saturated heterocycles. The van der Waals surface area contributed by atoms with Gasteiger partial charge >= 0.3 is 6.03 Å². The fraction of sp³-hybridized carbons (Fsp3) is 0.263. The van der Waals surface area contributed by atoms with E-state index in [0.717, 1.165) is 22.6 Å². The van der Waals surface area contributed by atoms with Crippen LogP contribution in [0.1, 0.15) is 18.1 Å². The highest BCUT2D eigenvalue weighted by atomic mass is 16.5. The molecule has 0 fully saturated rings. The summed E-state index contributed by atoms with van der Waals surface area (Å²) < 4.78 is 7.00. The summed E-state index contributed by atoms with van der Waals surface area (Å²) in [6.07, 6.45) is 1.52. The minimum Gasteiger partial charge on any atom is -0.494 e. The number of aryl methyl sites for hydroxylation is 1. The minimum absolute atomic E-state index is 0.199. The van der Waals surface area contributed by atoms with Crippen molar-refractivity contribution in [3.05, 3.63) is 59.9 Å². The first-order valence-electron chi connectivity index (χ1n) is 8.64. The van der Waals surface area contributed by atoms with Crippen LogP contribution < -0.4 is 10.1 Å². The number of tetrazole rings is 1. The van der Waals surface area contributed by atoms with Crippen LogP contribution in [0.2, 0.25) is 0 Å². The number of hydrogen-bond donors (Lipinski definition) is 1. The van der Waals surface area contributed by atoms with Crippen molar-refractivity contribution in [3.8, 4) is 11.4 Å². The van der Waals surface area contributed by atoms with Crippen LogP contribution in [0.4, 0.5) is 10.5 Å². The van der Waals surface area contributed by atoms with Gasteiger partial charge in [0.2, 0.25) is 0 Å². The molecule has 1 aromatic heterocycles. The molecule has 2 aromatic carbocycles. The molecule has 1 heterocycles. The molecule has 8 heteroatoms. The zero-order valence-electron chi connectivity index (χ0n) is 15.6. The number of rotatable bonds is 6. The van der Waals surface area contributed by atoms with Crippen LogP contribution in [0.3, 0.4) is 0 Å². The molecular formula is C19H22N6O2. The second kappa shape index (κ2) is 8.31. The molecule has 2 amide bonds. The Kier molecular flexibility index (Phi) is 5.65. The van der Waals surface area contributed by atoms with Gasteiger partial charge in [0, 0.05) is 19.3 Å². The third-order valence-electron chi connectivity index (χ3n) is 4.06. The molecule has 0 aliphatic rings. The monoisotopic (exact) mass is 366 g/mol. The van der Waals surface area contributed by atoms with E-state index >= 15 is 0 Å². The number of aromatic nitrogens is 4. The van der Waals surface area contributed by atoms with Gasteiger partial charge in [-0.25, -0.2) is 9.48 Å². The van der Waals surface area contributed by atoms with E-state index in [9.17, 15) is 4.79 Å². The van der Waals surface area contributed by atoms with Crippen LogP contribution in [0.15, 0.2) is 48.8 Å². The summed E-state index contributed by atoms with van der Waals surface area (Å²) in [5.41, 5.74) is 3.51. The number of nitrogens with one attached hydrogen (secondary N) is 1. The van der Waals surface area contributed by atoms with Crippen LogP contribution in [0.25, 0.3) is 5.69 Å². The van der Waals surface area contributed by atoms with E-state index < -0.39 is 0 Å². The van der Waals surface area contributed by atoms with E-state index in [0.29, 0.717) is 18.8 Å². The normalized spacial score (nSPS) is 10.5. The van der Waals surface area contributed by atoms with E-state index in [1.807, 2.05) is 56.3 Å². The standard InChI is InChI=1S/C19H22N6O2/c1-4-27-17-9-6-15(7-10-17)12-24(3)19(26)21-16-8-5-14(2)18(11-16)25-13-20-22-23-25/h5-11,13H,4,12H2,1-3H3,(H,21,26). The molecule has 0 aliphatic heterocycles. The lowest BCUT2D eigenvalue weighted by Crippen LogP contribution is -2.30. The van der Waals surface area contributed by atoms with Crippen molar-refractivity contribution in [2.24, 2.45) is 0 Å². The molecule has 0 atom stereocenters. The Balaban J connectivity index is 1.65. The van der Waals surface area contributed by atoms with Crippen molar-refractivity contribution in [1.29, 1.82) is 0 Å². The van der Waals surface area contributed by atoms with Crippen molar-refractivity contribution < 1.29 is 9.53 Å². The SMILES string of the molecule is CCOc1ccc(CN(C)C(=O)Nc2ccc(C)c(-n3cnnn3)c2)cc1. The maximum atomic E-state index is 12.5. The van der Waals surface area contributed by atoms with Gasteiger partial charge < -0.3 is 15.0 Å². The summed E-state index contributed by atoms with van der Waals surface area (Å²) in [6, 6.07) is 13.1. The summed E-state index contributed by atoms with van der Waals surface area (Å²) in [5, 5.41) is 14.1. The summed E-state index contributed by atoms with van der Waals surface area (Å²) in [6.45, 7) is 5.03. The molecule has 27 heavy (non-hydrogen) atoms. The molecule has 140 valence electrons. The third-order valence-corrected chi connectivity index (χ3v) is 4.06. The average molecular weight is 366 g/mol. The fourth-order valence-corrected chi connectivity index (χ4v) is 2.63. The van der Waals surface area contributed by atoms with E-state index in [-0.39, 0.29) is 6.03 Å². The first-order chi connectivity index (χ1) is 13.1. The predicted molar refractivity (Wildman–Crippen MR) is 102 cm³/mol. The van der Waals surface area contributed by atoms with E-state index in [1.165, 1.54) is 6.33 Å². The lowest BCUT2D eigenvalue weighted by Gasteiger charge is -2.19. The highest BCUT2D eigenvalue weighted by Gasteiger charge is 2.11. The Hall–Kier alpha value is -3.42. The molecule has 1 N–H and O–H groups in total. The van der Waals surface area contributed by atoms with Crippen molar-refractivity contribution in [1.82, 2.24) is 25.1 Å². The highest BCUT2D eigenvalue weighted by molar-refractivity contribution is 5.89. The summed E-state index contributed by atoms with van der Waals surface area (Å²) in [4.78, 5) is 14.1. The summed E-state index contributed by atoms with van der Waals surface area (Å²) >= 11 is 0. The second-order valence-corrected chi connectivity index (χ2v) is 6.12. The Bertz CT molecular complexity index is 893. The maximum Gasteiger partial charge on any atom is 0.321 e. The molecular weight excluding hydrogens is 344 g/mol. The van der Waals surface area contributed by atoms with Crippen molar-refractivity contribution >= 4 is 11.7 Å². The van der Waals surface area contributed by atoms with Crippen LogP contribution >= 0.6 is 0 Å². The Morgan fingerprint density at radius 1 is 1.22 bits per heavy atom. The number of amides is 2. The Morgan fingerprint density at radius 3 is 2.67 bits per heavy atom. The summed E-state index contributed by atoms with van der Waals surface area (Å²) in [5.74, 6) is 0.822. The Morgan fingerprint density at radius 2 is 2.00 bits per heavy atom. The average Bonchev–Trinajstić information content (AvgIpc) is 3.19. The van der Waals surface area contributed by atoms with Crippen LogP contribution in [-0.4, -0.2) is 44.8 Å². The van der Waals surface area contributed by atoms with Crippen LogP contribution in [-0.2, 0) is 6.54 Å². The molecule has 3 rings (SSSR count). The predicted octanol–water partition coefficient (Wildman–Crippen LogP) is 3.03. The van der Waals surface area contributed by atoms with Gasteiger partial charge in [-0.2, -0.15) is 0 Å². The number of urea groups is 1.